The zero-order chi connectivity index (χ0) is 27.2. The van der Waals surface area contributed by atoms with E-state index in [2.05, 4.69) is 4.72 Å². The first-order valence-corrected chi connectivity index (χ1v) is 15.4. The minimum Gasteiger partial charge on any atom is -0.496 e. The van der Waals surface area contributed by atoms with Gasteiger partial charge in [-0.1, -0.05) is 0 Å². The van der Waals surface area contributed by atoms with Gasteiger partial charge in [0.05, 0.1) is 35.7 Å². The molecule has 0 atom stereocenters. The number of hydrogen-bond acceptors (Lipinski definition) is 8. The monoisotopic (exact) mass is 567 g/mol. The van der Waals surface area contributed by atoms with Crippen LogP contribution in [0.4, 0.5) is 0 Å². The summed E-state index contributed by atoms with van der Waals surface area (Å²) < 4.78 is 71.2. The van der Waals surface area contributed by atoms with Gasteiger partial charge >= 0.3 is 0 Å². The number of morpholine rings is 1. The molecule has 38 heavy (non-hydrogen) atoms. The van der Waals surface area contributed by atoms with E-state index in [0.717, 1.165) is 19.3 Å². The van der Waals surface area contributed by atoms with Gasteiger partial charge in [0.2, 0.25) is 20.0 Å². The van der Waals surface area contributed by atoms with Crippen LogP contribution in [0.25, 0.3) is 0 Å². The molecular formula is C25H33N3O8S2. The van der Waals surface area contributed by atoms with Gasteiger partial charge in [-0.2, -0.15) is 4.31 Å². The third-order valence-corrected chi connectivity index (χ3v) is 9.82. The lowest BCUT2D eigenvalue weighted by Gasteiger charge is -2.27. The van der Waals surface area contributed by atoms with E-state index in [4.69, 9.17) is 14.2 Å². The average Bonchev–Trinajstić information content (AvgIpc) is 2.95. The molecule has 2 fully saturated rings. The third-order valence-electron chi connectivity index (χ3n) is 6.45. The number of piperidine rings is 1. The van der Waals surface area contributed by atoms with Crippen molar-refractivity contribution in [2.45, 2.75) is 29.1 Å². The molecule has 0 aliphatic carbocycles. The number of likely N-dealkylation sites (tertiary alicyclic amines) is 1. The molecule has 208 valence electrons. The minimum absolute atomic E-state index is 0.0184. The molecule has 2 aromatic rings. The molecule has 0 bridgehead atoms. The quantitative estimate of drug-likeness (QED) is 0.429. The maximum absolute atomic E-state index is 13.0. The Labute approximate surface area is 223 Å². The van der Waals surface area contributed by atoms with Gasteiger partial charge in [-0.05, 0) is 61.7 Å². The molecular weight excluding hydrogens is 534 g/mol. The highest BCUT2D eigenvalue weighted by Gasteiger charge is 2.27. The molecule has 11 nitrogen and oxygen atoms in total. The molecule has 2 aromatic carbocycles. The molecule has 2 heterocycles. The molecule has 1 N–H and O–H groups in total. The number of benzene rings is 2. The van der Waals surface area contributed by atoms with Gasteiger partial charge in [0, 0.05) is 32.7 Å². The standard InChI is InChI=1S/C25H33N3O8S2/c1-34-24-10-9-22(19-23(24)25(29)27-12-3-2-4-13-27)37(30,31)26-11-16-36-20-5-7-21(8-6-20)38(32,33)28-14-17-35-18-15-28/h5-10,19,26H,2-4,11-18H2,1H3. The van der Waals surface area contributed by atoms with Crippen molar-refractivity contribution in [2.24, 2.45) is 0 Å². The largest absolute Gasteiger partial charge is 0.496 e. The van der Waals surface area contributed by atoms with Crippen LogP contribution in [0.2, 0.25) is 0 Å². The minimum atomic E-state index is -3.92. The molecule has 0 aromatic heterocycles. The Hall–Kier alpha value is -2.71. The summed E-state index contributed by atoms with van der Waals surface area (Å²) in [7, 11) is -6.08. The molecule has 2 aliphatic rings. The Balaban J connectivity index is 1.34. The van der Waals surface area contributed by atoms with E-state index in [0.29, 0.717) is 50.9 Å². The summed E-state index contributed by atoms with van der Waals surface area (Å²) in [4.78, 5) is 14.8. The molecule has 0 spiro atoms. The van der Waals surface area contributed by atoms with Gasteiger partial charge < -0.3 is 19.1 Å². The van der Waals surface area contributed by atoms with E-state index in [1.54, 1.807) is 4.90 Å². The number of nitrogens with zero attached hydrogens (tertiary/aromatic N) is 2. The number of carbonyl (C=O) groups excluding carboxylic acids is 1. The fraction of sp³-hybridized carbons (Fsp3) is 0.480. The maximum Gasteiger partial charge on any atom is 0.257 e. The molecule has 13 heteroatoms. The smallest absolute Gasteiger partial charge is 0.257 e. The highest BCUT2D eigenvalue weighted by molar-refractivity contribution is 7.89. The van der Waals surface area contributed by atoms with E-state index >= 15 is 0 Å². The van der Waals surface area contributed by atoms with Crippen molar-refractivity contribution < 1.29 is 35.8 Å². The summed E-state index contributed by atoms with van der Waals surface area (Å²) >= 11 is 0. The Bertz CT molecular complexity index is 1320. The van der Waals surface area contributed by atoms with Crippen molar-refractivity contribution in [3.8, 4) is 11.5 Å². The first-order valence-electron chi connectivity index (χ1n) is 12.5. The number of sulfonamides is 2. The zero-order valence-electron chi connectivity index (χ0n) is 21.3. The second kappa shape index (κ2) is 12.4. The van der Waals surface area contributed by atoms with Crippen LogP contribution in [0.3, 0.4) is 0 Å². The number of amides is 1. The first-order chi connectivity index (χ1) is 18.2. The normalized spacial score (nSPS) is 17.2. The lowest BCUT2D eigenvalue weighted by atomic mass is 10.1. The highest BCUT2D eigenvalue weighted by Crippen LogP contribution is 2.25. The number of methoxy groups -OCH3 is 1. The third kappa shape index (κ3) is 6.64. The van der Waals surface area contributed by atoms with Gasteiger partial charge in [0.25, 0.3) is 5.91 Å². The van der Waals surface area contributed by atoms with E-state index in [1.807, 2.05) is 0 Å². The fourth-order valence-corrected chi connectivity index (χ4v) is 6.81. The van der Waals surface area contributed by atoms with Crippen LogP contribution in [0.5, 0.6) is 11.5 Å². The SMILES string of the molecule is COc1ccc(S(=O)(=O)NCCOc2ccc(S(=O)(=O)N3CCOCC3)cc2)cc1C(=O)N1CCCCC1. The van der Waals surface area contributed by atoms with Crippen molar-refractivity contribution in [2.75, 3.05) is 59.7 Å². The van der Waals surface area contributed by atoms with Crippen LogP contribution < -0.4 is 14.2 Å². The Morgan fingerprint density at radius 3 is 2.24 bits per heavy atom. The highest BCUT2D eigenvalue weighted by atomic mass is 32.2. The average molecular weight is 568 g/mol. The van der Waals surface area contributed by atoms with E-state index in [-0.39, 0.29) is 34.4 Å². The molecule has 0 unspecified atom stereocenters. The summed E-state index contributed by atoms with van der Waals surface area (Å²) in [6.45, 7) is 2.60. The zero-order valence-corrected chi connectivity index (χ0v) is 22.9. The number of rotatable bonds is 10. The molecule has 2 saturated heterocycles. The van der Waals surface area contributed by atoms with Crippen molar-refractivity contribution in [1.29, 1.82) is 0 Å². The molecule has 0 saturated carbocycles. The molecule has 2 aliphatic heterocycles. The summed E-state index contributed by atoms with van der Waals surface area (Å²) in [5.41, 5.74) is 0.209. The summed E-state index contributed by atoms with van der Waals surface area (Å²) in [6.07, 6.45) is 2.90. The van der Waals surface area contributed by atoms with Crippen molar-refractivity contribution in [1.82, 2.24) is 13.9 Å². The Kier molecular flexibility index (Phi) is 9.26. The van der Waals surface area contributed by atoms with Gasteiger partial charge in [0.15, 0.2) is 0 Å². The van der Waals surface area contributed by atoms with Gasteiger partial charge in [0.1, 0.15) is 18.1 Å². The van der Waals surface area contributed by atoms with Crippen molar-refractivity contribution in [3.05, 3.63) is 48.0 Å². The topological polar surface area (TPSA) is 132 Å². The number of nitrogens with one attached hydrogen (secondary N) is 1. The lowest BCUT2D eigenvalue weighted by Crippen LogP contribution is -2.40. The van der Waals surface area contributed by atoms with Crippen LogP contribution in [0, 0.1) is 0 Å². The lowest BCUT2D eigenvalue weighted by molar-refractivity contribution is 0.0720. The molecule has 4 rings (SSSR count). The van der Waals surface area contributed by atoms with Crippen LogP contribution in [-0.4, -0.2) is 91.6 Å². The van der Waals surface area contributed by atoms with Gasteiger partial charge in [-0.25, -0.2) is 21.6 Å². The fourth-order valence-electron chi connectivity index (χ4n) is 4.36. The van der Waals surface area contributed by atoms with Gasteiger partial charge in [-0.15, -0.1) is 0 Å². The summed E-state index contributed by atoms with van der Waals surface area (Å²) in [6, 6.07) is 10.2. The number of carbonyl (C=O) groups is 1. The summed E-state index contributed by atoms with van der Waals surface area (Å²) in [5, 5.41) is 0. The Morgan fingerprint density at radius 1 is 0.921 bits per heavy atom. The molecule has 0 radical (unpaired) electrons. The maximum atomic E-state index is 13.0. The van der Waals surface area contributed by atoms with Crippen LogP contribution in [0.15, 0.2) is 52.3 Å². The second-order valence-electron chi connectivity index (χ2n) is 8.95. The van der Waals surface area contributed by atoms with Crippen LogP contribution in [-0.2, 0) is 24.8 Å². The summed E-state index contributed by atoms with van der Waals surface area (Å²) in [5.74, 6) is 0.479. The van der Waals surface area contributed by atoms with Crippen LogP contribution in [0.1, 0.15) is 29.6 Å². The second-order valence-corrected chi connectivity index (χ2v) is 12.7. The van der Waals surface area contributed by atoms with E-state index < -0.39 is 20.0 Å². The molecule has 1 amide bonds. The van der Waals surface area contributed by atoms with Gasteiger partial charge in [-0.3, -0.25) is 4.79 Å². The Morgan fingerprint density at radius 2 is 1.58 bits per heavy atom. The van der Waals surface area contributed by atoms with E-state index in [1.165, 1.54) is 53.9 Å². The van der Waals surface area contributed by atoms with E-state index in [9.17, 15) is 21.6 Å². The van der Waals surface area contributed by atoms with Crippen molar-refractivity contribution >= 4 is 26.0 Å². The first kappa shape index (κ1) is 28.3. The number of hydrogen-bond donors (Lipinski definition) is 1. The predicted molar refractivity (Wildman–Crippen MR) is 139 cm³/mol. The van der Waals surface area contributed by atoms with Crippen LogP contribution >= 0.6 is 0 Å². The predicted octanol–water partition coefficient (Wildman–Crippen LogP) is 1.70. The number of ether oxygens (including phenoxy) is 3. The van der Waals surface area contributed by atoms with Crippen molar-refractivity contribution in [3.63, 3.8) is 0 Å².